The van der Waals surface area contributed by atoms with Gasteiger partial charge in [-0.2, -0.15) is 0 Å². The SMILES string of the molecule is CN=C(NCCc1ccc(C)nc1)NC1CCCCC1. The summed E-state index contributed by atoms with van der Waals surface area (Å²) in [4.78, 5) is 8.62. The maximum absolute atomic E-state index is 4.32. The molecule has 0 unspecified atom stereocenters. The number of aliphatic imine (C=N–C) groups is 1. The Kier molecular flexibility index (Phi) is 5.84. The van der Waals surface area contributed by atoms with Crippen LogP contribution in [0.15, 0.2) is 23.3 Å². The number of aromatic nitrogens is 1. The van der Waals surface area contributed by atoms with Gasteiger partial charge in [0.15, 0.2) is 5.96 Å². The third-order valence-corrected chi connectivity index (χ3v) is 3.85. The highest BCUT2D eigenvalue weighted by Gasteiger charge is 2.14. The average molecular weight is 274 g/mol. The van der Waals surface area contributed by atoms with E-state index in [2.05, 4.69) is 32.7 Å². The van der Waals surface area contributed by atoms with Crippen molar-refractivity contribution in [3.05, 3.63) is 29.6 Å². The van der Waals surface area contributed by atoms with Crippen LogP contribution in [-0.4, -0.2) is 30.6 Å². The Bertz CT molecular complexity index is 419. The minimum absolute atomic E-state index is 0.594. The Labute approximate surface area is 122 Å². The highest BCUT2D eigenvalue weighted by molar-refractivity contribution is 5.79. The number of guanidine groups is 1. The molecule has 2 N–H and O–H groups in total. The number of pyridine rings is 1. The normalized spacial score (nSPS) is 17.0. The maximum Gasteiger partial charge on any atom is 0.191 e. The number of aryl methyl sites for hydroxylation is 1. The van der Waals surface area contributed by atoms with E-state index in [-0.39, 0.29) is 0 Å². The molecule has 2 rings (SSSR count). The number of nitrogens with zero attached hydrogens (tertiary/aromatic N) is 2. The molecule has 1 heterocycles. The number of hydrogen-bond donors (Lipinski definition) is 2. The van der Waals surface area contributed by atoms with E-state index in [1.165, 1.54) is 37.7 Å². The van der Waals surface area contributed by atoms with E-state index in [0.717, 1.165) is 24.6 Å². The number of hydrogen-bond acceptors (Lipinski definition) is 2. The molecule has 1 aromatic heterocycles. The van der Waals surface area contributed by atoms with Gasteiger partial charge in [0.2, 0.25) is 0 Å². The molecule has 4 heteroatoms. The summed E-state index contributed by atoms with van der Waals surface area (Å²) in [7, 11) is 1.84. The summed E-state index contributed by atoms with van der Waals surface area (Å²) in [6.07, 6.45) is 9.51. The van der Waals surface area contributed by atoms with Crippen LogP contribution in [0.1, 0.15) is 43.4 Å². The molecule has 1 fully saturated rings. The summed E-state index contributed by atoms with van der Waals surface area (Å²) in [6, 6.07) is 4.79. The second-order valence-electron chi connectivity index (χ2n) is 5.54. The van der Waals surface area contributed by atoms with Gasteiger partial charge in [-0.25, -0.2) is 0 Å². The first-order chi connectivity index (χ1) is 9.78. The van der Waals surface area contributed by atoms with Crippen LogP contribution in [0.25, 0.3) is 0 Å². The van der Waals surface area contributed by atoms with E-state index >= 15 is 0 Å². The highest BCUT2D eigenvalue weighted by atomic mass is 15.2. The lowest BCUT2D eigenvalue weighted by molar-refractivity contribution is 0.410. The van der Waals surface area contributed by atoms with Crippen molar-refractivity contribution >= 4 is 5.96 Å². The summed E-state index contributed by atoms with van der Waals surface area (Å²) < 4.78 is 0. The molecular weight excluding hydrogens is 248 g/mol. The first-order valence-electron chi connectivity index (χ1n) is 7.66. The van der Waals surface area contributed by atoms with E-state index < -0.39 is 0 Å². The molecule has 1 saturated carbocycles. The quantitative estimate of drug-likeness (QED) is 0.655. The van der Waals surface area contributed by atoms with Gasteiger partial charge in [0.05, 0.1) is 0 Å². The molecule has 1 aromatic rings. The van der Waals surface area contributed by atoms with Crippen molar-refractivity contribution in [2.45, 2.75) is 51.5 Å². The first kappa shape index (κ1) is 14.8. The summed E-state index contributed by atoms with van der Waals surface area (Å²) in [5.41, 5.74) is 2.33. The molecule has 0 radical (unpaired) electrons. The van der Waals surface area contributed by atoms with Crippen LogP contribution in [-0.2, 0) is 6.42 Å². The molecule has 0 saturated heterocycles. The van der Waals surface area contributed by atoms with Crippen molar-refractivity contribution in [2.24, 2.45) is 4.99 Å². The van der Waals surface area contributed by atoms with Crippen LogP contribution in [0.2, 0.25) is 0 Å². The third-order valence-electron chi connectivity index (χ3n) is 3.85. The Morgan fingerprint density at radius 1 is 1.30 bits per heavy atom. The van der Waals surface area contributed by atoms with E-state index in [1.54, 1.807) is 0 Å². The Balaban J connectivity index is 1.72. The molecule has 1 aliphatic rings. The Hall–Kier alpha value is -1.58. The summed E-state index contributed by atoms with van der Waals surface area (Å²) in [5.74, 6) is 0.928. The molecule has 0 amide bonds. The van der Waals surface area contributed by atoms with Gasteiger partial charge in [-0.05, 0) is 37.8 Å². The van der Waals surface area contributed by atoms with Gasteiger partial charge in [-0.3, -0.25) is 9.98 Å². The third kappa shape index (κ3) is 4.83. The molecule has 0 atom stereocenters. The van der Waals surface area contributed by atoms with Crippen LogP contribution >= 0.6 is 0 Å². The van der Waals surface area contributed by atoms with Crippen molar-refractivity contribution < 1.29 is 0 Å². The molecule has 110 valence electrons. The van der Waals surface area contributed by atoms with Gasteiger partial charge in [0.25, 0.3) is 0 Å². The van der Waals surface area contributed by atoms with Crippen LogP contribution in [0, 0.1) is 6.92 Å². The molecule has 20 heavy (non-hydrogen) atoms. The van der Waals surface area contributed by atoms with Gasteiger partial charge in [-0.15, -0.1) is 0 Å². The van der Waals surface area contributed by atoms with Gasteiger partial charge in [0.1, 0.15) is 0 Å². The van der Waals surface area contributed by atoms with Gasteiger partial charge in [-0.1, -0.05) is 25.3 Å². The van der Waals surface area contributed by atoms with Crippen LogP contribution in [0.3, 0.4) is 0 Å². The fourth-order valence-corrected chi connectivity index (χ4v) is 2.61. The lowest BCUT2D eigenvalue weighted by Gasteiger charge is -2.24. The van der Waals surface area contributed by atoms with Crippen molar-refractivity contribution in [2.75, 3.05) is 13.6 Å². The zero-order valence-corrected chi connectivity index (χ0v) is 12.7. The van der Waals surface area contributed by atoms with Crippen LogP contribution in [0.4, 0.5) is 0 Å². The fraction of sp³-hybridized carbons (Fsp3) is 0.625. The molecule has 0 bridgehead atoms. The zero-order valence-electron chi connectivity index (χ0n) is 12.7. The van der Waals surface area contributed by atoms with E-state index in [0.29, 0.717) is 6.04 Å². The largest absolute Gasteiger partial charge is 0.356 e. The highest BCUT2D eigenvalue weighted by Crippen LogP contribution is 2.17. The lowest BCUT2D eigenvalue weighted by atomic mass is 9.96. The van der Waals surface area contributed by atoms with Crippen LogP contribution < -0.4 is 10.6 Å². The minimum atomic E-state index is 0.594. The minimum Gasteiger partial charge on any atom is -0.356 e. The van der Waals surface area contributed by atoms with E-state index in [4.69, 9.17) is 0 Å². The fourth-order valence-electron chi connectivity index (χ4n) is 2.61. The van der Waals surface area contributed by atoms with Crippen molar-refractivity contribution in [3.63, 3.8) is 0 Å². The molecule has 0 spiro atoms. The average Bonchev–Trinajstić information content (AvgIpc) is 2.49. The maximum atomic E-state index is 4.32. The predicted molar refractivity (Wildman–Crippen MR) is 84.0 cm³/mol. The standard InChI is InChI=1S/C16H26N4/c1-13-8-9-14(12-19-13)10-11-18-16(17-2)20-15-6-4-3-5-7-15/h8-9,12,15H,3-7,10-11H2,1-2H3,(H2,17,18,20). The summed E-state index contributed by atoms with van der Waals surface area (Å²) in [5, 5.41) is 6.92. The first-order valence-corrected chi connectivity index (χ1v) is 7.66. The zero-order chi connectivity index (χ0) is 14.2. The molecule has 0 aliphatic heterocycles. The molecular formula is C16H26N4. The lowest BCUT2D eigenvalue weighted by Crippen LogP contribution is -2.44. The topological polar surface area (TPSA) is 49.3 Å². The molecule has 0 aromatic carbocycles. The van der Waals surface area contributed by atoms with Gasteiger partial charge >= 0.3 is 0 Å². The second-order valence-corrected chi connectivity index (χ2v) is 5.54. The Morgan fingerprint density at radius 2 is 2.10 bits per heavy atom. The summed E-state index contributed by atoms with van der Waals surface area (Å²) in [6.45, 7) is 2.90. The Morgan fingerprint density at radius 3 is 2.75 bits per heavy atom. The smallest absolute Gasteiger partial charge is 0.191 e. The molecule has 1 aliphatic carbocycles. The molecule has 4 nitrogen and oxygen atoms in total. The predicted octanol–water partition coefficient (Wildman–Crippen LogP) is 2.43. The summed E-state index contributed by atoms with van der Waals surface area (Å²) >= 11 is 0. The second kappa shape index (κ2) is 7.88. The number of rotatable bonds is 4. The van der Waals surface area contributed by atoms with Crippen molar-refractivity contribution in [3.8, 4) is 0 Å². The monoisotopic (exact) mass is 274 g/mol. The van der Waals surface area contributed by atoms with Crippen LogP contribution in [0.5, 0.6) is 0 Å². The van der Waals surface area contributed by atoms with Crippen molar-refractivity contribution in [1.82, 2.24) is 15.6 Å². The van der Waals surface area contributed by atoms with E-state index in [9.17, 15) is 0 Å². The van der Waals surface area contributed by atoms with E-state index in [1.807, 2.05) is 20.2 Å². The van der Waals surface area contributed by atoms with Gasteiger partial charge < -0.3 is 10.6 Å². The van der Waals surface area contributed by atoms with Gasteiger partial charge in [0, 0.05) is 31.5 Å². The van der Waals surface area contributed by atoms with Crippen molar-refractivity contribution in [1.29, 1.82) is 0 Å². The number of nitrogens with one attached hydrogen (secondary N) is 2.